The topological polar surface area (TPSA) is 68.7 Å². The van der Waals surface area contributed by atoms with E-state index in [9.17, 15) is 4.79 Å². The third-order valence-electron chi connectivity index (χ3n) is 2.98. The van der Waals surface area contributed by atoms with E-state index in [0.29, 0.717) is 31.3 Å². The molecule has 94 valence electrons. The van der Waals surface area contributed by atoms with Crippen LogP contribution in [0.1, 0.15) is 30.2 Å². The maximum atomic E-state index is 12.3. The molecular weight excluding hydrogens is 220 g/mol. The number of ether oxygens (including phenoxy) is 1. The quantitative estimate of drug-likeness (QED) is 0.834. The summed E-state index contributed by atoms with van der Waals surface area (Å²) in [6, 6.07) is 3.55. The van der Waals surface area contributed by atoms with Crippen LogP contribution in [0.15, 0.2) is 16.5 Å². The van der Waals surface area contributed by atoms with E-state index in [1.54, 1.807) is 12.1 Å². The van der Waals surface area contributed by atoms with E-state index in [4.69, 9.17) is 14.9 Å². The standard InChI is InChI=1S/C12H18N2O3/c1-8-6-16-7-9(2)14(8)12(15)11-4-3-10(5-13)17-11/h3-4,8-9H,5-7,13H2,1-2H3/t8-,9-/m1/s1. The Balaban J connectivity index is 2.17. The lowest BCUT2D eigenvalue weighted by atomic mass is 10.1. The molecule has 1 aliphatic heterocycles. The molecule has 0 aliphatic carbocycles. The van der Waals surface area contributed by atoms with Crippen molar-refractivity contribution in [1.82, 2.24) is 4.90 Å². The van der Waals surface area contributed by atoms with Crippen molar-refractivity contribution in [2.45, 2.75) is 32.5 Å². The fourth-order valence-electron chi connectivity index (χ4n) is 2.13. The molecule has 2 atom stereocenters. The van der Waals surface area contributed by atoms with Crippen molar-refractivity contribution in [3.8, 4) is 0 Å². The minimum Gasteiger partial charge on any atom is -0.455 e. The Morgan fingerprint density at radius 1 is 1.41 bits per heavy atom. The third kappa shape index (κ3) is 2.35. The molecule has 1 aliphatic rings. The van der Waals surface area contributed by atoms with Crippen LogP contribution in [0.25, 0.3) is 0 Å². The predicted octanol–water partition coefficient (Wildman–Crippen LogP) is 0.988. The lowest BCUT2D eigenvalue weighted by molar-refractivity contribution is -0.0263. The van der Waals surface area contributed by atoms with Crippen LogP contribution < -0.4 is 5.73 Å². The monoisotopic (exact) mass is 238 g/mol. The Hall–Kier alpha value is -1.33. The molecule has 1 fully saturated rings. The van der Waals surface area contributed by atoms with Crippen molar-refractivity contribution >= 4 is 5.91 Å². The number of furan rings is 1. The molecule has 2 rings (SSSR count). The summed E-state index contributed by atoms with van der Waals surface area (Å²) in [5, 5.41) is 0. The Kier molecular flexibility index (Phi) is 3.49. The number of nitrogens with zero attached hydrogens (tertiary/aromatic N) is 1. The molecule has 2 heterocycles. The van der Waals surface area contributed by atoms with Crippen LogP contribution >= 0.6 is 0 Å². The number of hydrogen-bond acceptors (Lipinski definition) is 4. The van der Waals surface area contributed by atoms with Crippen LogP contribution in [0.2, 0.25) is 0 Å². The second kappa shape index (κ2) is 4.89. The number of amides is 1. The Morgan fingerprint density at radius 3 is 2.59 bits per heavy atom. The van der Waals surface area contributed by atoms with Crippen molar-refractivity contribution in [2.75, 3.05) is 13.2 Å². The molecule has 0 spiro atoms. The number of hydrogen-bond donors (Lipinski definition) is 1. The van der Waals surface area contributed by atoms with Gasteiger partial charge in [-0.05, 0) is 26.0 Å². The van der Waals surface area contributed by atoms with Gasteiger partial charge in [0.2, 0.25) is 0 Å². The summed E-state index contributed by atoms with van der Waals surface area (Å²) in [7, 11) is 0. The number of nitrogens with two attached hydrogens (primary N) is 1. The molecule has 0 bridgehead atoms. The third-order valence-corrected chi connectivity index (χ3v) is 2.98. The summed E-state index contributed by atoms with van der Waals surface area (Å²) in [4.78, 5) is 14.1. The molecule has 1 amide bonds. The first-order chi connectivity index (χ1) is 8.13. The molecule has 0 saturated carbocycles. The van der Waals surface area contributed by atoms with E-state index in [1.165, 1.54) is 0 Å². The van der Waals surface area contributed by atoms with E-state index in [0.717, 1.165) is 0 Å². The zero-order chi connectivity index (χ0) is 12.4. The van der Waals surface area contributed by atoms with Gasteiger partial charge in [-0.3, -0.25) is 4.79 Å². The van der Waals surface area contributed by atoms with Gasteiger partial charge < -0.3 is 19.8 Å². The maximum absolute atomic E-state index is 12.3. The van der Waals surface area contributed by atoms with Gasteiger partial charge in [-0.1, -0.05) is 0 Å². The van der Waals surface area contributed by atoms with Crippen LogP contribution in [-0.4, -0.2) is 36.1 Å². The maximum Gasteiger partial charge on any atom is 0.290 e. The molecule has 5 heteroatoms. The van der Waals surface area contributed by atoms with Crippen molar-refractivity contribution in [3.05, 3.63) is 23.7 Å². The van der Waals surface area contributed by atoms with Crippen LogP contribution in [0.4, 0.5) is 0 Å². The van der Waals surface area contributed by atoms with Crippen molar-refractivity contribution in [2.24, 2.45) is 5.73 Å². The minimum atomic E-state index is -0.0898. The highest BCUT2D eigenvalue weighted by atomic mass is 16.5. The molecule has 17 heavy (non-hydrogen) atoms. The summed E-state index contributed by atoms with van der Waals surface area (Å²) in [5.74, 6) is 0.890. The van der Waals surface area contributed by atoms with Crippen molar-refractivity contribution in [1.29, 1.82) is 0 Å². The highest BCUT2D eigenvalue weighted by Crippen LogP contribution is 2.18. The Labute approximate surface area is 101 Å². The zero-order valence-electron chi connectivity index (χ0n) is 10.2. The van der Waals surface area contributed by atoms with E-state index < -0.39 is 0 Å². The molecule has 1 saturated heterocycles. The fraction of sp³-hybridized carbons (Fsp3) is 0.583. The van der Waals surface area contributed by atoms with Gasteiger partial charge in [0.15, 0.2) is 5.76 Å². The van der Waals surface area contributed by atoms with Gasteiger partial charge in [0.25, 0.3) is 5.91 Å². The van der Waals surface area contributed by atoms with E-state index in [2.05, 4.69) is 0 Å². The fourth-order valence-corrected chi connectivity index (χ4v) is 2.13. The van der Waals surface area contributed by atoms with Crippen LogP contribution in [0.3, 0.4) is 0 Å². The SMILES string of the molecule is C[C@@H]1COC[C@@H](C)N1C(=O)c1ccc(CN)o1. The second-order valence-corrected chi connectivity index (χ2v) is 4.42. The van der Waals surface area contributed by atoms with Crippen molar-refractivity contribution < 1.29 is 13.9 Å². The Bertz CT molecular complexity index is 392. The van der Waals surface area contributed by atoms with Gasteiger partial charge in [-0.25, -0.2) is 0 Å². The van der Waals surface area contributed by atoms with Crippen LogP contribution in [0, 0.1) is 0 Å². The summed E-state index contributed by atoms with van der Waals surface area (Å²) < 4.78 is 10.8. The highest BCUT2D eigenvalue weighted by Gasteiger charge is 2.31. The average molecular weight is 238 g/mol. The van der Waals surface area contributed by atoms with Gasteiger partial charge in [-0.2, -0.15) is 0 Å². The number of carbonyl (C=O) groups excluding carboxylic acids is 1. The molecule has 2 N–H and O–H groups in total. The van der Waals surface area contributed by atoms with Crippen LogP contribution in [0.5, 0.6) is 0 Å². The van der Waals surface area contributed by atoms with E-state index in [-0.39, 0.29) is 18.0 Å². The lowest BCUT2D eigenvalue weighted by Gasteiger charge is -2.38. The first-order valence-electron chi connectivity index (χ1n) is 5.82. The molecule has 0 unspecified atom stereocenters. The van der Waals surface area contributed by atoms with E-state index >= 15 is 0 Å². The predicted molar refractivity (Wildman–Crippen MR) is 62.5 cm³/mol. The summed E-state index contributed by atoms with van der Waals surface area (Å²) in [5.41, 5.74) is 5.46. The van der Waals surface area contributed by atoms with Crippen molar-refractivity contribution in [3.63, 3.8) is 0 Å². The van der Waals surface area contributed by atoms with E-state index in [1.807, 2.05) is 18.7 Å². The molecule has 1 aromatic heterocycles. The smallest absolute Gasteiger partial charge is 0.290 e. The second-order valence-electron chi connectivity index (χ2n) is 4.42. The molecular formula is C12H18N2O3. The van der Waals surface area contributed by atoms with Gasteiger partial charge in [0.1, 0.15) is 5.76 Å². The number of morpholine rings is 1. The first-order valence-corrected chi connectivity index (χ1v) is 5.82. The summed E-state index contributed by atoms with van der Waals surface area (Å²) in [6.07, 6.45) is 0. The summed E-state index contributed by atoms with van der Waals surface area (Å²) >= 11 is 0. The number of rotatable bonds is 2. The molecule has 0 radical (unpaired) electrons. The lowest BCUT2D eigenvalue weighted by Crippen LogP contribution is -2.52. The Morgan fingerprint density at radius 2 is 2.06 bits per heavy atom. The number of carbonyl (C=O) groups is 1. The molecule has 5 nitrogen and oxygen atoms in total. The minimum absolute atomic E-state index is 0.0673. The molecule has 1 aromatic rings. The van der Waals surface area contributed by atoms with Crippen LogP contribution in [-0.2, 0) is 11.3 Å². The average Bonchev–Trinajstić information content (AvgIpc) is 2.77. The normalized spacial score (nSPS) is 25.0. The first kappa shape index (κ1) is 12.1. The van der Waals surface area contributed by atoms with Gasteiger partial charge in [0, 0.05) is 0 Å². The van der Waals surface area contributed by atoms with Gasteiger partial charge >= 0.3 is 0 Å². The largest absolute Gasteiger partial charge is 0.455 e. The molecule has 0 aromatic carbocycles. The highest BCUT2D eigenvalue weighted by molar-refractivity contribution is 5.92. The summed E-state index contributed by atoms with van der Waals surface area (Å²) in [6.45, 7) is 5.39. The van der Waals surface area contributed by atoms with Gasteiger partial charge in [0.05, 0.1) is 31.8 Å². The van der Waals surface area contributed by atoms with Gasteiger partial charge in [-0.15, -0.1) is 0 Å². The zero-order valence-corrected chi connectivity index (χ0v) is 10.2.